The summed E-state index contributed by atoms with van der Waals surface area (Å²) in [6.07, 6.45) is 3.27. The Labute approximate surface area is 167 Å². The lowest BCUT2D eigenvalue weighted by Gasteiger charge is -2.28. The van der Waals surface area contributed by atoms with Crippen LogP contribution in [-0.2, 0) is 14.4 Å². The third kappa shape index (κ3) is 3.48. The van der Waals surface area contributed by atoms with Crippen molar-refractivity contribution in [2.45, 2.75) is 38.1 Å². The monoisotopic (exact) mass is 398 g/mol. The second kappa shape index (κ2) is 7.65. The Morgan fingerprint density at radius 3 is 2.55 bits per heavy atom. The van der Waals surface area contributed by atoms with E-state index >= 15 is 0 Å². The van der Waals surface area contributed by atoms with Crippen molar-refractivity contribution < 1.29 is 24.0 Å². The fourth-order valence-electron chi connectivity index (χ4n) is 4.09. The molecule has 1 atom stereocenters. The van der Waals surface area contributed by atoms with Crippen LogP contribution in [0.25, 0.3) is 0 Å². The smallest absolute Gasteiger partial charge is 0.264 e. The number of anilines is 1. The van der Waals surface area contributed by atoms with Crippen LogP contribution in [0.5, 0.6) is 0 Å². The van der Waals surface area contributed by atoms with Gasteiger partial charge in [-0.1, -0.05) is 6.07 Å². The molecular formula is C20H22N4O5. The Balaban J connectivity index is 1.52. The predicted octanol–water partition coefficient (Wildman–Crippen LogP) is 0.512. The zero-order valence-corrected chi connectivity index (χ0v) is 15.9. The van der Waals surface area contributed by atoms with Gasteiger partial charge in [-0.15, -0.1) is 0 Å². The first-order valence-corrected chi connectivity index (χ1v) is 9.83. The quantitative estimate of drug-likeness (QED) is 0.714. The molecule has 152 valence electrons. The van der Waals surface area contributed by atoms with Crippen molar-refractivity contribution in [1.29, 1.82) is 0 Å². The van der Waals surface area contributed by atoms with E-state index in [0.717, 1.165) is 37.3 Å². The van der Waals surface area contributed by atoms with Gasteiger partial charge in [-0.3, -0.25) is 34.2 Å². The molecule has 5 amide bonds. The molecule has 9 heteroatoms. The Morgan fingerprint density at radius 2 is 1.83 bits per heavy atom. The molecule has 2 saturated heterocycles. The maximum atomic E-state index is 13.0. The first-order chi connectivity index (χ1) is 14.0. The van der Waals surface area contributed by atoms with E-state index in [1.54, 1.807) is 17.0 Å². The van der Waals surface area contributed by atoms with E-state index in [4.69, 9.17) is 0 Å². The van der Waals surface area contributed by atoms with Gasteiger partial charge in [-0.05, 0) is 37.8 Å². The molecule has 1 aromatic rings. The van der Waals surface area contributed by atoms with Crippen LogP contribution in [0.2, 0.25) is 0 Å². The van der Waals surface area contributed by atoms with Crippen molar-refractivity contribution in [2.24, 2.45) is 0 Å². The van der Waals surface area contributed by atoms with Crippen LogP contribution in [0.4, 0.5) is 5.69 Å². The molecule has 3 heterocycles. The number of amides is 5. The Kier molecular flexibility index (Phi) is 5.04. The number of carbonyl (C=O) groups is 5. The topological polar surface area (TPSA) is 116 Å². The maximum absolute atomic E-state index is 13.0. The third-order valence-corrected chi connectivity index (χ3v) is 5.61. The largest absolute Gasteiger partial charge is 0.375 e. The summed E-state index contributed by atoms with van der Waals surface area (Å²) in [6, 6.07) is 3.79. The van der Waals surface area contributed by atoms with E-state index < -0.39 is 29.7 Å². The summed E-state index contributed by atoms with van der Waals surface area (Å²) >= 11 is 0. The van der Waals surface area contributed by atoms with Gasteiger partial charge in [0.2, 0.25) is 17.7 Å². The molecule has 2 fully saturated rings. The Bertz CT molecular complexity index is 906. The number of benzene rings is 1. The van der Waals surface area contributed by atoms with Crippen LogP contribution in [0.15, 0.2) is 18.2 Å². The molecular weight excluding hydrogens is 376 g/mol. The maximum Gasteiger partial charge on any atom is 0.264 e. The van der Waals surface area contributed by atoms with Gasteiger partial charge in [0.05, 0.1) is 17.7 Å². The van der Waals surface area contributed by atoms with Gasteiger partial charge in [0.15, 0.2) is 0 Å². The lowest BCUT2D eigenvalue weighted by molar-refractivity contribution is -0.136. The average molecular weight is 398 g/mol. The number of nitrogens with zero attached hydrogens (tertiary/aromatic N) is 2. The zero-order chi connectivity index (χ0) is 20.5. The van der Waals surface area contributed by atoms with Crippen LogP contribution in [0.1, 0.15) is 52.8 Å². The van der Waals surface area contributed by atoms with Crippen molar-refractivity contribution in [1.82, 2.24) is 15.1 Å². The summed E-state index contributed by atoms with van der Waals surface area (Å²) in [5.74, 6) is -2.27. The summed E-state index contributed by atoms with van der Waals surface area (Å²) in [5, 5.41) is 5.16. The molecule has 29 heavy (non-hydrogen) atoms. The van der Waals surface area contributed by atoms with Crippen LogP contribution >= 0.6 is 0 Å². The number of carbonyl (C=O) groups excluding carboxylic acids is 5. The lowest BCUT2D eigenvalue weighted by atomic mass is 10.0. The molecule has 0 spiro atoms. The first-order valence-electron chi connectivity index (χ1n) is 9.83. The fourth-order valence-corrected chi connectivity index (χ4v) is 4.09. The van der Waals surface area contributed by atoms with Crippen molar-refractivity contribution in [3.05, 3.63) is 29.3 Å². The molecule has 0 saturated carbocycles. The summed E-state index contributed by atoms with van der Waals surface area (Å²) < 4.78 is 0. The second-order valence-corrected chi connectivity index (χ2v) is 7.47. The van der Waals surface area contributed by atoms with E-state index in [2.05, 4.69) is 10.6 Å². The standard InChI is InChI=1S/C20H22N4O5/c25-15-8-7-14(18(27)22-15)24-19(28)12-5-4-6-13(17(12)20(24)29)21-11-16(26)23-9-2-1-3-10-23/h4-6,14,21H,1-3,7-11H2,(H,22,25,27). The normalized spacial score (nSPS) is 21.9. The number of rotatable bonds is 4. The highest BCUT2D eigenvalue weighted by molar-refractivity contribution is 6.25. The number of hydrogen-bond acceptors (Lipinski definition) is 6. The molecule has 3 aliphatic heterocycles. The van der Waals surface area contributed by atoms with Gasteiger partial charge in [-0.2, -0.15) is 0 Å². The highest BCUT2D eigenvalue weighted by Gasteiger charge is 2.45. The molecule has 9 nitrogen and oxygen atoms in total. The number of likely N-dealkylation sites (tertiary alicyclic amines) is 1. The molecule has 1 unspecified atom stereocenters. The van der Waals surface area contributed by atoms with Gasteiger partial charge in [0, 0.05) is 25.2 Å². The SMILES string of the molecule is O=C1CCC(N2C(=O)c3cccc(NCC(=O)N4CCCCC4)c3C2=O)C(=O)N1. The van der Waals surface area contributed by atoms with Crippen LogP contribution in [-0.4, -0.2) is 65.0 Å². The van der Waals surface area contributed by atoms with Crippen molar-refractivity contribution in [2.75, 3.05) is 25.0 Å². The Hall–Kier alpha value is -3.23. The van der Waals surface area contributed by atoms with E-state index in [1.807, 2.05) is 0 Å². The lowest BCUT2D eigenvalue weighted by Crippen LogP contribution is -2.54. The molecule has 4 rings (SSSR count). The van der Waals surface area contributed by atoms with E-state index in [-0.39, 0.29) is 36.4 Å². The highest BCUT2D eigenvalue weighted by atomic mass is 16.2. The zero-order valence-electron chi connectivity index (χ0n) is 15.9. The molecule has 1 aromatic carbocycles. The molecule has 2 N–H and O–H groups in total. The average Bonchev–Trinajstić information content (AvgIpc) is 2.98. The molecule has 0 radical (unpaired) electrons. The van der Waals surface area contributed by atoms with Crippen LogP contribution in [0.3, 0.4) is 0 Å². The summed E-state index contributed by atoms with van der Waals surface area (Å²) in [5.41, 5.74) is 0.741. The van der Waals surface area contributed by atoms with Crippen molar-refractivity contribution in [3.63, 3.8) is 0 Å². The minimum Gasteiger partial charge on any atom is -0.375 e. The van der Waals surface area contributed by atoms with Gasteiger partial charge in [-0.25, -0.2) is 0 Å². The fraction of sp³-hybridized carbons (Fsp3) is 0.450. The minimum absolute atomic E-state index is 0.0241. The molecule has 3 aliphatic rings. The van der Waals surface area contributed by atoms with Gasteiger partial charge < -0.3 is 10.2 Å². The molecule has 0 aromatic heterocycles. The minimum atomic E-state index is -1.01. The van der Waals surface area contributed by atoms with Gasteiger partial charge >= 0.3 is 0 Å². The van der Waals surface area contributed by atoms with Crippen molar-refractivity contribution >= 4 is 35.2 Å². The Morgan fingerprint density at radius 1 is 1.07 bits per heavy atom. The number of piperidine rings is 2. The summed E-state index contributed by atoms with van der Waals surface area (Å²) in [4.78, 5) is 64.5. The number of nitrogens with one attached hydrogen (secondary N) is 2. The second-order valence-electron chi connectivity index (χ2n) is 7.47. The predicted molar refractivity (Wildman–Crippen MR) is 102 cm³/mol. The summed E-state index contributed by atoms with van der Waals surface area (Å²) in [6.45, 7) is 1.48. The van der Waals surface area contributed by atoms with Crippen molar-refractivity contribution in [3.8, 4) is 0 Å². The van der Waals surface area contributed by atoms with Crippen LogP contribution in [0, 0.1) is 0 Å². The van der Waals surface area contributed by atoms with E-state index in [0.29, 0.717) is 5.69 Å². The molecule has 0 bridgehead atoms. The number of hydrogen-bond donors (Lipinski definition) is 2. The first kappa shape index (κ1) is 19.1. The van der Waals surface area contributed by atoms with E-state index in [9.17, 15) is 24.0 Å². The van der Waals surface area contributed by atoms with E-state index in [1.165, 1.54) is 6.07 Å². The third-order valence-electron chi connectivity index (χ3n) is 5.61. The number of fused-ring (bicyclic) bond motifs is 1. The number of imide groups is 2. The molecule has 0 aliphatic carbocycles. The van der Waals surface area contributed by atoms with Gasteiger partial charge in [0.1, 0.15) is 6.04 Å². The highest BCUT2D eigenvalue weighted by Crippen LogP contribution is 2.32. The van der Waals surface area contributed by atoms with Crippen LogP contribution < -0.4 is 10.6 Å². The summed E-state index contributed by atoms with van der Waals surface area (Å²) in [7, 11) is 0. The van der Waals surface area contributed by atoms with Gasteiger partial charge in [0.25, 0.3) is 11.8 Å².